The predicted molar refractivity (Wildman–Crippen MR) is 50.4 cm³/mol. The minimum Gasteiger partial charge on any atom is -0.481 e. The van der Waals surface area contributed by atoms with Gasteiger partial charge in [-0.25, -0.2) is 8.42 Å². The van der Waals surface area contributed by atoms with Crippen LogP contribution in [0.2, 0.25) is 0 Å². The third-order valence-corrected chi connectivity index (χ3v) is 4.11. The Balaban J connectivity index is 4.20. The second-order valence-corrected chi connectivity index (χ2v) is 5.67. The molecule has 0 aromatic rings. The summed E-state index contributed by atoms with van der Waals surface area (Å²) in [5.41, 5.74) is 0. The number of unbranched alkanes of at least 4 members (excludes halogenated alkanes) is 1. The maximum Gasteiger partial charge on any atom is 0.304 e. The molecule has 13 heavy (non-hydrogen) atoms. The summed E-state index contributed by atoms with van der Waals surface area (Å²) in [5, 5.41) is 7.64. The van der Waals surface area contributed by atoms with Crippen LogP contribution < -0.4 is 0 Å². The molecule has 1 unspecified atom stereocenters. The van der Waals surface area contributed by atoms with E-state index in [9.17, 15) is 13.2 Å². The highest BCUT2D eigenvalue weighted by Gasteiger charge is 2.22. The molecule has 0 aliphatic rings. The Hall–Kier alpha value is -0.580. The molecule has 0 bridgehead atoms. The molecule has 0 fully saturated rings. The number of carbonyl (C=O) groups is 1. The molecule has 0 aliphatic heterocycles. The summed E-state index contributed by atoms with van der Waals surface area (Å²) in [6, 6.07) is 0. The lowest BCUT2D eigenvalue weighted by Gasteiger charge is -2.09. The second kappa shape index (κ2) is 5.21. The summed E-state index contributed by atoms with van der Waals surface area (Å²) < 4.78 is 22.7. The van der Waals surface area contributed by atoms with Crippen molar-refractivity contribution in [2.45, 2.75) is 38.4 Å². The van der Waals surface area contributed by atoms with E-state index in [0.717, 1.165) is 6.42 Å². The highest BCUT2D eigenvalue weighted by atomic mass is 32.2. The summed E-state index contributed by atoms with van der Waals surface area (Å²) in [6.45, 7) is 3.34. The number of hydrogen-bond donors (Lipinski definition) is 1. The van der Waals surface area contributed by atoms with Gasteiger partial charge in [0.2, 0.25) is 0 Å². The molecule has 78 valence electrons. The smallest absolute Gasteiger partial charge is 0.304 e. The molecule has 0 saturated carbocycles. The number of aliphatic carboxylic acids is 1. The number of hydrogen-bond acceptors (Lipinski definition) is 3. The topological polar surface area (TPSA) is 71.4 Å². The van der Waals surface area contributed by atoms with Crippen molar-refractivity contribution < 1.29 is 18.3 Å². The van der Waals surface area contributed by atoms with Gasteiger partial charge in [-0.15, -0.1) is 0 Å². The maximum atomic E-state index is 11.4. The van der Waals surface area contributed by atoms with Gasteiger partial charge in [0, 0.05) is 0 Å². The lowest BCUT2D eigenvalue weighted by molar-refractivity contribution is -0.136. The van der Waals surface area contributed by atoms with Gasteiger partial charge in [0.15, 0.2) is 9.84 Å². The van der Waals surface area contributed by atoms with Crippen molar-refractivity contribution in [3.8, 4) is 0 Å². The van der Waals surface area contributed by atoms with Crippen molar-refractivity contribution in [3.63, 3.8) is 0 Å². The van der Waals surface area contributed by atoms with Gasteiger partial charge in [-0.2, -0.15) is 0 Å². The highest BCUT2D eigenvalue weighted by molar-refractivity contribution is 7.92. The Kier molecular flexibility index (Phi) is 4.98. The van der Waals surface area contributed by atoms with Crippen LogP contribution in [0, 0.1) is 0 Å². The summed E-state index contributed by atoms with van der Waals surface area (Å²) in [5.74, 6) is -0.967. The molecule has 0 amide bonds. The zero-order chi connectivity index (χ0) is 10.5. The average Bonchev–Trinajstić information content (AvgIpc) is 1.99. The van der Waals surface area contributed by atoms with Crippen molar-refractivity contribution in [2.24, 2.45) is 0 Å². The Bertz CT molecular complexity index is 255. The Morgan fingerprint density at radius 3 is 2.38 bits per heavy atom. The van der Waals surface area contributed by atoms with E-state index in [-0.39, 0.29) is 12.2 Å². The summed E-state index contributed by atoms with van der Waals surface area (Å²) in [7, 11) is -3.20. The Morgan fingerprint density at radius 1 is 1.46 bits per heavy atom. The number of carboxylic acids is 1. The quantitative estimate of drug-likeness (QED) is 0.708. The molecule has 0 heterocycles. The van der Waals surface area contributed by atoms with Crippen LogP contribution in [0.4, 0.5) is 0 Å². The SMILES string of the molecule is CCCCS(=O)(=O)C(C)CC(=O)O. The van der Waals surface area contributed by atoms with E-state index in [1.54, 1.807) is 0 Å². The minimum atomic E-state index is -3.20. The van der Waals surface area contributed by atoms with Gasteiger partial charge in [-0.1, -0.05) is 13.3 Å². The van der Waals surface area contributed by atoms with Crippen LogP contribution in [0.25, 0.3) is 0 Å². The van der Waals surface area contributed by atoms with Gasteiger partial charge in [0.25, 0.3) is 0 Å². The fraction of sp³-hybridized carbons (Fsp3) is 0.875. The first-order chi connectivity index (χ1) is 5.90. The highest BCUT2D eigenvalue weighted by Crippen LogP contribution is 2.08. The van der Waals surface area contributed by atoms with Gasteiger partial charge in [0.1, 0.15) is 0 Å². The lowest BCUT2D eigenvalue weighted by Crippen LogP contribution is -2.23. The molecule has 4 nitrogen and oxygen atoms in total. The van der Waals surface area contributed by atoms with E-state index in [0.29, 0.717) is 6.42 Å². The van der Waals surface area contributed by atoms with Crippen LogP contribution in [0.15, 0.2) is 0 Å². The molecule has 0 radical (unpaired) electrons. The Morgan fingerprint density at radius 2 is 2.00 bits per heavy atom. The number of sulfone groups is 1. The van der Waals surface area contributed by atoms with Crippen molar-refractivity contribution in [1.82, 2.24) is 0 Å². The van der Waals surface area contributed by atoms with Gasteiger partial charge in [-0.05, 0) is 13.3 Å². The maximum absolute atomic E-state index is 11.4. The first-order valence-corrected chi connectivity index (χ1v) is 6.05. The first-order valence-electron chi connectivity index (χ1n) is 4.33. The van der Waals surface area contributed by atoms with E-state index in [1.807, 2.05) is 6.92 Å². The van der Waals surface area contributed by atoms with E-state index in [4.69, 9.17) is 5.11 Å². The monoisotopic (exact) mass is 208 g/mol. The number of rotatable bonds is 6. The fourth-order valence-corrected chi connectivity index (χ4v) is 2.41. The van der Waals surface area contributed by atoms with E-state index in [2.05, 4.69) is 0 Å². The molecule has 0 aromatic heterocycles. The van der Waals surface area contributed by atoms with E-state index < -0.39 is 21.1 Å². The summed E-state index contributed by atoms with van der Waals surface area (Å²) in [6.07, 6.45) is 1.11. The van der Waals surface area contributed by atoms with Crippen LogP contribution in [-0.2, 0) is 14.6 Å². The molecule has 0 rings (SSSR count). The molecule has 0 spiro atoms. The predicted octanol–water partition coefficient (Wildman–Crippen LogP) is 1.06. The summed E-state index contributed by atoms with van der Waals surface area (Å²) >= 11 is 0. The zero-order valence-electron chi connectivity index (χ0n) is 7.99. The lowest BCUT2D eigenvalue weighted by atomic mass is 10.3. The number of carboxylic acid groups (broad SMARTS) is 1. The standard InChI is InChI=1S/C8H16O4S/c1-3-4-5-13(11,12)7(2)6-8(9)10/h7H,3-6H2,1-2H3,(H,9,10). The van der Waals surface area contributed by atoms with Crippen LogP contribution in [0.3, 0.4) is 0 Å². The minimum absolute atomic E-state index is 0.0952. The average molecular weight is 208 g/mol. The van der Waals surface area contributed by atoms with Gasteiger partial charge < -0.3 is 5.11 Å². The van der Waals surface area contributed by atoms with E-state index >= 15 is 0 Å². The van der Waals surface area contributed by atoms with Crippen LogP contribution >= 0.6 is 0 Å². The van der Waals surface area contributed by atoms with Crippen LogP contribution in [0.5, 0.6) is 0 Å². The summed E-state index contributed by atoms with van der Waals surface area (Å²) in [4.78, 5) is 10.3. The van der Waals surface area contributed by atoms with Gasteiger partial charge in [-0.3, -0.25) is 4.79 Å². The fourth-order valence-electron chi connectivity index (χ4n) is 0.920. The van der Waals surface area contributed by atoms with Crippen LogP contribution in [0.1, 0.15) is 33.1 Å². The zero-order valence-corrected chi connectivity index (χ0v) is 8.80. The molecule has 1 N–H and O–H groups in total. The van der Waals surface area contributed by atoms with Crippen molar-refractivity contribution in [2.75, 3.05) is 5.75 Å². The molecule has 1 atom stereocenters. The third-order valence-electron chi connectivity index (χ3n) is 1.86. The van der Waals surface area contributed by atoms with Crippen LogP contribution in [-0.4, -0.2) is 30.5 Å². The molecular weight excluding hydrogens is 192 g/mol. The molecule has 0 saturated heterocycles. The van der Waals surface area contributed by atoms with Gasteiger partial charge >= 0.3 is 5.97 Å². The molecule has 5 heteroatoms. The van der Waals surface area contributed by atoms with Crippen molar-refractivity contribution in [1.29, 1.82) is 0 Å². The van der Waals surface area contributed by atoms with Crippen molar-refractivity contribution in [3.05, 3.63) is 0 Å². The normalized spacial score (nSPS) is 14.0. The Labute approximate surface area is 78.9 Å². The molecule has 0 aromatic carbocycles. The van der Waals surface area contributed by atoms with E-state index in [1.165, 1.54) is 6.92 Å². The third kappa shape index (κ3) is 4.87. The van der Waals surface area contributed by atoms with Gasteiger partial charge in [0.05, 0.1) is 17.4 Å². The molecule has 0 aliphatic carbocycles. The second-order valence-electron chi connectivity index (χ2n) is 3.13. The first kappa shape index (κ1) is 12.4. The van der Waals surface area contributed by atoms with Crippen molar-refractivity contribution >= 4 is 15.8 Å². The largest absolute Gasteiger partial charge is 0.481 e. The molecular formula is C8H16O4S.